The summed E-state index contributed by atoms with van der Waals surface area (Å²) in [6.07, 6.45) is 2.26. The van der Waals surface area contributed by atoms with E-state index in [0.29, 0.717) is 0 Å². The van der Waals surface area contributed by atoms with Gasteiger partial charge in [-0.05, 0) is 0 Å². The molecule has 2 heterocycles. The van der Waals surface area contributed by atoms with E-state index in [9.17, 15) is 8.42 Å². The number of hydrogen-bond donors (Lipinski definition) is 3. The molecule has 2 aromatic heterocycles. The van der Waals surface area contributed by atoms with Gasteiger partial charge in [0.05, 0.1) is 12.4 Å². The first-order chi connectivity index (χ1) is 8.12. The van der Waals surface area contributed by atoms with Crippen molar-refractivity contribution in [1.82, 2.24) is 20.2 Å². The zero-order valence-corrected chi connectivity index (χ0v) is 9.86. The second-order valence-corrected chi connectivity index (χ2v) is 5.25. The van der Waals surface area contributed by atoms with E-state index >= 15 is 0 Å². The average molecular weight is 273 g/mol. The van der Waals surface area contributed by atoms with Crippen molar-refractivity contribution in [2.24, 2.45) is 5.84 Å². The Labute approximate surface area is 100 Å². The lowest BCUT2D eigenvalue weighted by Gasteiger charge is -2.04. The van der Waals surface area contributed by atoms with Gasteiger partial charge in [-0.2, -0.15) is 0 Å². The van der Waals surface area contributed by atoms with Crippen molar-refractivity contribution in [3.05, 3.63) is 17.9 Å². The second-order valence-electron chi connectivity index (χ2n) is 2.74. The molecule has 0 saturated carbocycles. The summed E-state index contributed by atoms with van der Waals surface area (Å²) in [6, 6.07) is 0. The van der Waals surface area contributed by atoms with Gasteiger partial charge < -0.3 is 0 Å². The predicted molar refractivity (Wildman–Crippen MR) is 60.6 cm³/mol. The highest BCUT2D eigenvalue weighted by molar-refractivity contribution is 7.93. The Morgan fingerprint density at radius 3 is 2.53 bits per heavy atom. The lowest BCUT2D eigenvalue weighted by molar-refractivity contribution is 0.600. The number of anilines is 2. The van der Waals surface area contributed by atoms with E-state index in [1.165, 1.54) is 5.51 Å². The summed E-state index contributed by atoms with van der Waals surface area (Å²) >= 11 is 1.07. The number of hydrogen-bond acceptors (Lipinski definition) is 9. The molecule has 0 aliphatic rings. The Bertz CT molecular complexity index is 579. The van der Waals surface area contributed by atoms with Gasteiger partial charge in [-0.15, -0.1) is 10.2 Å². The molecule has 11 heteroatoms. The minimum Gasteiger partial charge on any atom is -0.292 e. The Hall–Kier alpha value is -1.85. The minimum atomic E-state index is -3.74. The van der Waals surface area contributed by atoms with Crippen LogP contribution in [0.25, 0.3) is 0 Å². The third-order valence-electron chi connectivity index (χ3n) is 1.65. The first-order valence-electron chi connectivity index (χ1n) is 4.19. The van der Waals surface area contributed by atoms with Crippen LogP contribution in [0.3, 0.4) is 0 Å². The first-order valence-corrected chi connectivity index (χ1v) is 6.56. The van der Waals surface area contributed by atoms with Gasteiger partial charge in [-0.25, -0.2) is 24.2 Å². The Kier molecular flexibility index (Phi) is 3.12. The highest BCUT2D eigenvalue weighted by Crippen LogP contribution is 2.15. The lowest BCUT2D eigenvalue weighted by Crippen LogP contribution is -2.15. The van der Waals surface area contributed by atoms with Crippen LogP contribution in [0.2, 0.25) is 0 Å². The van der Waals surface area contributed by atoms with Crippen LogP contribution in [0.1, 0.15) is 0 Å². The fourth-order valence-electron chi connectivity index (χ4n) is 0.921. The predicted octanol–water partition coefficient (Wildman–Crippen LogP) is -0.586. The van der Waals surface area contributed by atoms with Crippen LogP contribution in [0.15, 0.2) is 22.8 Å². The molecule has 0 saturated heterocycles. The fourth-order valence-corrected chi connectivity index (χ4v) is 2.50. The van der Waals surface area contributed by atoms with Crippen LogP contribution in [0, 0.1) is 0 Å². The Morgan fingerprint density at radius 1 is 1.29 bits per heavy atom. The van der Waals surface area contributed by atoms with Crippen molar-refractivity contribution < 1.29 is 8.42 Å². The van der Waals surface area contributed by atoms with Crippen LogP contribution in [0.4, 0.5) is 11.1 Å². The minimum absolute atomic E-state index is 0.0910. The number of nitrogens with one attached hydrogen (secondary N) is 2. The van der Waals surface area contributed by atoms with Crippen LogP contribution in [-0.2, 0) is 10.0 Å². The van der Waals surface area contributed by atoms with Crippen LogP contribution in [-0.4, -0.2) is 28.6 Å². The number of hydrazine groups is 1. The van der Waals surface area contributed by atoms with Gasteiger partial charge in [-0.1, -0.05) is 11.3 Å². The highest BCUT2D eigenvalue weighted by atomic mass is 32.2. The summed E-state index contributed by atoms with van der Waals surface area (Å²) in [5.74, 6) is 5.19. The second kappa shape index (κ2) is 4.57. The number of nitrogen functional groups attached to an aromatic ring is 1. The summed E-state index contributed by atoms with van der Waals surface area (Å²) in [7, 11) is -3.74. The third kappa shape index (κ3) is 2.64. The van der Waals surface area contributed by atoms with Gasteiger partial charge >= 0.3 is 0 Å². The smallest absolute Gasteiger partial charge is 0.266 e. The van der Waals surface area contributed by atoms with Gasteiger partial charge in [-0.3, -0.25) is 10.1 Å². The maximum Gasteiger partial charge on any atom is 0.266 e. The van der Waals surface area contributed by atoms with E-state index in [4.69, 9.17) is 5.84 Å². The molecule has 17 heavy (non-hydrogen) atoms. The van der Waals surface area contributed by atoms with E-state index in [0.717, 1.165) is 23.7 Å². The number of aromatic nitrogens is 4. The maximum atomic E-state index is 11.8. The number of nitrogens with zero attached hydrogens (tertiary/aromatic N) is 4. The summed E-state index contributed by atoms with van der Waals surface area (Å²) < 4.78 is 25.8. The molecular formula is C6H7N7O2S2. The van der Waals surface area contributed by atoms with E-state index in [-0.39, 0.29) is 16.0 Å². The van der Waals surface area contributed by atoms with Gasteiger partial charge in [0.25, 0.3) is 10.0 Å². The molecule has 0 atom stereocenters. The normalized spacial score (nSPS) is 11.1. The molecule has 0 aromatic carbocycles. The van der Waals surface area contributed by atoms with E-state index in [1.807, 2.05) is 0 Å². The quantitative estimate of drug-likeness (QED) is 0.497. The molecule has 0 unspecified atom stereocenters. The molecule has 2 aromatic rings. The first kappa shape index (κ1) is 11.6. The Morgan fingerprint density at radius 2 is 2.00 bits per heavy atom. The maximum absolute atomic E-state index is 11.8. The average Bonchev–Trinajstić information content (AvgIpc) is 2.81. The molecule has 0 aliphatic carbocycles. The summed E-state index contributed by atoms with van der Waals surface area (Å²) in [4.78, 5) is 7.30. The fraction of sp³-hybridized carbons (Fsp3) is 0. The van der Waals surface area contributed by atoms with E-state index in [2.05, 4.69) is 30.3 Å². The van der Waals surface area contributed by atoms with E-state index in [1.54, 1.807) is 0 Å². The Balaban J connectivity index is 2.25. The van der Waals surface area contributed by atoms with Gasteiger partial charge in [0.1, 0.15) is 10.4 Å². The van der Waals surface area contributed by atoms with Crippen LogP contribution >= 0.6 is 11.3 Å². The number of sulfonamides is 1. The van der Waals surface area contributed by atoms with Crippen molar-refractivity contribution in [2.75, 3.05) is 10.1 Å². The summed E-state index contributed by atoms with van der Waals surface area (Å²) in [5, 5.41) is 7.25. The highest BCUT2D eigenvalue weighted by Gasteiger charge is 2.16. The summed E-state index contributed by atoms with van der Waals surface area (Å²) in [5.41, 5.74) is 3.61. The largest absolute Gasteiger partial charge is 0.292 e. The van der Waals surface area contributed by atoms with Crippen molar-refractivity contribution in [2.45, 2.75) is 4.90 Å². The van der Waals surface area contributed by atoms with Crippen LogP contribution < -0.4 is 16.0 Å². The number of nitrogens with two attached hydrogens (primary N) is 1. The molecular weight excluding hydrogens is 266 g/mol. The zero-order chi connectivity index (χ0) is 12.3. The molecule has 0 fully saturated rings. The molecule has 90 valence electrons. The summed E-state index contributed by atoms with van der Waals surface area (Å²) in [6.45, 7) is 0. The number of rotatable bonds is 4. The van der Waals surface area contributed by atoms with Crippen LogP contribution in [0.5, 0.6) is 0 Å². The molecule has 0 amide bonds. The van der Waals surface area contributed by atoms with E-state index < -0.39 is 10.0 Å². The third-order valence-corrected chi connectivity index (χ3v) is 3.68. The van der Waals surface area contributed by atoms with Crippen molar-refractivity contribution in [3.8, 4) is 0 Å². The van der Waals surface area contributed by atoms with Crippen molar-refractivity contribution >= 4 is 32.4 Å². The SMILES string of the molecule is NNc1ncc(S(=O)(=O)Nc2nncs2)cn1. The molecule has 4 N–H and O–H groups in total. The van der Waals surface area contributed by atoms with Gasteiger partial charge in [0.2, 0.25) is 11.1 Å². The molecule has 2 rings (SSSR count). The molecule has 9 nitrogen and oxygen atoms in total. The molecule has 0 bridgehead atoms. The van der Waals surface area contributed by atoms with Gasteiger partial charge in [0.15, 0.2) is 0 Å². The van der Waals surface area contributed by atoms with Crippen molar-refractivity contribution in [3.63, 3.8) is 0 Å². The lowest BCUT2D eigenvalue weighted by atomic mass is 10.7. The monoisotopic (exact) mass is 273 g/mol. The molecule has 0 spiro atoms. The molecule has 0 aliphatic heterocycles. The van der Waals surface area contributed by atoms with Crippen molar-refractivity contribution in [1.29, 1.82) is 0 Å². The zero-order valence-electron chi connectivity index (χ0n) is 8.23. The standard InChI is InChI=1S/C6H7N7O2S2/c7-11-5-8-1-4(2-9-5)17(14,15)13-6-12-10-3-16-6/h1-3H,7H2,(H,12,13)(H,8,9,11). The van der Waals surface area contributed by atoms with Gasteiger partial charge in [0, 0.05) is 0 Å². The molecule has 0 radical (unpaired) electrons. The topological polar surface area (TPSA) is 136 Å².